The van der Waals surface area contributed by atoms with Gasteiger partial charge >= 0.3 is 0 Å². The lowest BCUT2D eigenvalue weighted by Gasteiger charge is -2.32. The number of thiocarbonyl (C=S) groups is 1. The van der Waals surface area contributed by atoms with Crippen LogP contribution in [0.25, 0.3) is 6.08 Å². The van der Waals surface area contributed by atoms with Gasteiger partial charge in [0.1, 0.15) is 4.32 Å². The smallest absolute Gasteiger partial charge is 0.266 e. The highest BCUT2D eigenvalue weighted by Crippen LogP contribution is 2.34. The Morgan fingerprint density at radius 3 is 2.50 bits per heavy atom. The predicted octanol–water partition coefficient (Wildman–Crippen LogP) is 5.41. The van der Waals surface area contributed by atoms with Gasteiger partial charge in [0, 0.05) is 31.1 Å². The highest BCUT2D eigenvalue weighted by molar-refractivity contribution is 8.26. The number of carbonyl (C=O) groups is 2. The second-order valence-electron chi connectivity index (χ2n) is 8.12. The van der Waals surface area contributed by atoms with Crippen LogP contribution in [0, 0.1) is 5.92 Å². The molecule has 0 radical (unpaired) electrons. The van der Waals surface area contributed by atoms with Gasteiger partial charge in [0.05, 0.1) is 4.91 Å². The first-order chi connectivity index (χ1) is 15.5. The molecule has 2 aromatic carbocycles. The Morgan fingerprint density at radius 2 is 1.78 bits per heavy atom. The van der Waals surface area contributed by atoms with E-state index < -0.39 is 0 Å². The molecule has 2 aliphatic heterocycles. The maximum atomic E-state index is 12.8. The van der Waals surface area contributed by atoms with E-state index in [9.17, 15) is 9.59 Å². The van der Waals surface area contributed by atoms with Crippen LogP contribution < -0.4 is 0 Å². The largest absolute Gasteiger partial charge is 0.343 e. The topological polar surface area (TPSA) is 40.6 Å². The minimum atomic E-state index is -0.158. The molecule has 4 rings (SSSR count). The normalized spacial score (nSPS) is 18.6. The highest BCUT2D eigenvalue weighted by Gasteiger charge is 2.33. The fraction of sp³-hybridized carbons (Fsp3) is 0.320. The van der Waals surface area contributed by atoms with Gasteiger partial charge in [-0.25, -0.2) is 0 Å². The van der Waals surface area contributed by atoms with Crippen LogP contribution in [0.5, 0.6) is 0 Å². The standard InChI is InChI=1S/C25H25ClN2O2S2/c26-21-9-5-4-8-20(21)17-22-24(30)28(25(31)32-22)15-12-23(29)27-13-10-19(11-14-27)16-18-6-2-1-3-7-18/h1-9,17,19H,10-16H2. The molecular formula is C25H25ClN2O2S2. The number of piperidine rings is 1. The minimum Gasteiger partial charge on any atom is -0.343 e. The molecule has 2 heterocycles. The maximum Gasteiger partial charge on any atom is 0.266 e. The third-order valence-corrected chi connectivity index (χ3v) is 7.67. The first-order valence-electron chi connectivity index (χ1n) is 10.8. The Labute approximate surface area is 203 Å². The fourth-order valence-electron chi connectivity index (χ4n) is 4.13. The molecule has 7 heteroatoms. The summed E-state index contributed by atoms with van der Waals surface area (Å²) in [4.78, 5) is 29.6. The fourth-order valence-corrected chi connectivity index (χ4v) is 5.62. The van der Waals surface area contributed by atoms with Crippen LogP contribution in [0.2, 0.25) is 5.02 Å². The van der Waals surface area contributed by atoms with Crippen LogP contribution in [-0.4, -0.2) is 45.6 Å². The molecule has 0 aromatic heterocycles. The second-order valence-corrected chi connectivity index (χ2v) is 10.2. The Bertz CT molecular complexity index is 1030. The maximum absolute atomic E-state index is 12.8. The van der Waals surface area contributed by atoms with Crippen LogP contribution in [0.1, 0.15) is 30.4 Å². The van der Waals surface area contributed by atoms with E-state index in [1.807, 2.05) is 29.2 Å². The summed E-state index contributed by atoms with van der Waals surface area (Å²) in [6, 6.07) is 17.9. The van der Waals surface area contributed by atoms with Crippen molar-refractivity contribution < 1.29 is 9.59 Å². The summed E-state index contributed by atoms with van der Waals surface area (Å²) < 4.78 is 0.489. The van der Waals surface area contributed by atoms with Crippen LogP contribution in [0.3, 0.4) is 0 Å². The van der Waals surface area contributed by atoms with Crippen molar-refractivity contribution in [3.8, 4) is 0 Å². The Kier molecular flexibility index (Phi) is 7.66. The molecule has 0 spiro atoms. The molecule has 2 fully saturated rings. The molecule has 0 unspecified atom stereocenters. The number of benzene rings is 2. The zero-order valence-corrected chi connectivity index (χ0v) is 20.1. The van der Waals surface area contributed by atoms with E-state index in [1.54, 1.807) is 12.1 Å². The average Bonchev–Trinajstić information content (AvgIpc) is 3.07. The van der Waals surface area contributed by atoms with Gasteiger partial charge < -0.3 is 4.90 Å². The molecule has 0 atom stereocenters. The van der Waals surface area contributed by atoms with E-state index in [1.165, 1.54) is 22.2 Å². The molecule has 0 bridgehead atoms. The second kappa shape index (κ2) is 10.6. The van der Waals surface area contributed by atoms with Crippen molar-refractivity contribution in [2.24, 2.45) is 5.92 Å². The Balaban J connectivity index is 1.27. The van der Waals surface area contributed by atoms with Gasteiger partial charge in [-0.15, -0.1) is 0 Å². The number of carbonyl (C=O) groups excluding carboxylic acids is 2. The van der Waals surface area contributed by atoms with Crippen molar-refractivity contribution in [3.05, 3.63) is 75.7 Å². The van der Waals surface area contributed by atoms with Gasteiger partial charge in [0.15, 0.2) is 0 Å². The molecule has 0 aliphatic carbocycles. The number of thioether (sulfide) groups is 1. The summed E-state index contributed by atoms with van der Waals surface area (Å²) in [6.45, 7) is 1.87. The molecule has 4 nitrogen and oxygen atoms in total. The molecule has 0 N–H and O–H groups in total. The highest BCUT2D eigenvalue weighted by atomic mass is 35.5. The number of hydrogen-bond acceptors (Lipinski definition) is 4. The van der Waals surface area contributed by atoms with Gasteiger partial charge in [-0.3, -0.25) is 14.5 Å². The number of hydrogen-bond donors (Lipinski definition) is 0. The van der Waals surface area contributed by atoms with Gasteiger partial charge in [-0.1, -0.05) is 84.1 Å². The molecule has 32 heavy (non-hydrogen) atoms. The average molecular weight is 485 g/mol. The Hall–Kier alpha value is -2.15. The molecular weight excluding hydrogens is 460 g/mol. The van der Waals surface area contributed by atoms with Crippen LogP contribution in [0.4, 0.5) is 0 Å². The third-order valence-electron chi connectivity index (χ3n) is 5.95. The first-order valence-corrected chi connectivity index (χ1v) is 12.4. The number of nitrogens with zero attached hydrogens (tertiary/aromatic N) is 2. The predicted molar refractivity (Wildman–Crippen MR) is 135 cm³/mol. The summed E-state index contributed by atoms with van der Waals surface area (Å²) >= 11 is 12.9. The van der Waals surface area contributed by atoms with E-state index in [2.05, 4.69) is 24.3 Å². The lowest BCUT2D eigenvalue weighted by molar-refractivity contribution is -0.133. The molecule has 166 valence electrons. The summed E-state index contributed by atoms with van der Waals surface area (Å²) in [5, 5.41) is 0.587. The summed E-state index contributed by atoms with van der Waals surface area (Å²) in [7, 11) is 0. The van der Waals surface area contributed by atoms with Crippen molar-refractivity contribution in [2.75, 3.05) is 19.6 Å². The van der Waals surface area contributed by atoms with Crippen molar-refractivity contribution >= 4 is 57.8 Å². The van der Waals surface area contributed by atoms with E-state index in [0.717, 1.165) is 37.9 Å². The van der Waals surface area contributed by atoms with Crippen molar-refractivity contribution in [2.45, 2.75) is 25.7 Å². The van der Waals surface area contributed by atoms with E-state index >= 15 is 0 Å². The summed E-state index contributed by atoms with van der Waals surface area (Å²) in [5.74, 6) is 0.546. The van der Waals surface area contributed by atoms with E-state index in [0.29, 0.717) is 26.7 Å². The van der Waals surface area contributed by atoms with Crippen molar-refractivity contribution in [1.29, 1.82) is 0 Å². The quantitative estimate of drug-likeness (QED) is 0.406. The van der Waals surface area contributed by atoms with Gasteiger partial charge in [-0.05, 0) is 48.4 Å². The molecule has 2 aromatic rings. The van der Waals surface area contributed by atoms with E-state index in [-0.39, 0.29) is 18.2 Å². The molecule has 2 saturated heterocycles. The molecule has 2 aliphatic rings. The van der Waals surface area contributed by atoms with E-state index in [4.69, 9.17) is 23.8 Å². The lowest BCUT2D eigenvalue weighted by Crippen LogP contribution is -2.41. The van der Waals surface area contributed by atoms with Gasteiger partial charge in [-0.2, -0.15) is 0 Å². The minimum absolute atomic E-state index is 0.0901. The van der Waals surface area contributed by atoms with Crippen molar-refractivity contribution in [1.82, 2.24) is 9.80 Å². The van der Waals surface area contributed by atoms with Gasteiger partial charge in [0.2, 0.25) is 5.91 Å². The SMILES string of the molecule is O=C(CCN1C(=O)C(=Cc2ccccc2Cl)SC1=S)N1CCC(Cc2ccccc2)CC1. The monoisotopic (exact) mass is 484 g/mol. The summed E-state index contributed by atoms with van der Waals surface area (Å²) in [5.41, 5.74) is 2.14. The van der Waals surface area contributed by atoms with Gasteiger partial charge in [0.25, 0.3) is 5.91 Å². The van der Waals surface area contributed by atoms with Crippen LogP contribution >= 0.6 is 35.6 Å². The number of halogens is 1. The lowest BCUT2D eigenvalue weighted by atomic mass is 9.90. The van der Waals surface area contributed by atoms with Crippen LogP contribution in [-0.2, 0) is 16.0 Å². The molecule has 0 saturated carbocycles. The number of likely N-dealkylation sites (tertiary alicyclic amines) is 1. The molecule has 2 amide bonds. The summed E-state index contributed by atoms with van der Waals surface area (Å²) in [6.07, 6.45) is 5.15. The Morgan fingerprint density at radius 1 is 1.09 bits per heavy atom. The first kappa shape index (κ1) is 23.0. The van der Waals surface area contributed by atoms with Crippen molar-refractivity contribution in [3.63, 3.8) is 0 Å². The zero-order chi connectivity index (χ0) is 22.5. The third kappa shape index (κ3) is 5.61. The number of rotatable bonds is 6. The van der Waals surface area contributed by atoms with Crippen LogP contribution in [0.15, 0.2) is 59.5 Å². The zero-order valence-electron chi connectivity index (χ0n) is 17.7. The number of amides is 2.